The summed E-state index contributed by atoms with van der Waals surface area (Å²) in [5.74, 6) is -0.924. The number of carboxylic acids is 1. The zero-order valence-corrected chi connectivity index (χ0v) is 10.2. The van der Waals surface area contributed by atoms with Crippen LogP contribution in [0.15, 0.2) is 18.3 Å². The molecule has 1 aromatic heterocycles. The molecule has 0 fully saturated rings. The van der Waals surface area contributed by atoms with Gasteiger partial charge in [-0.15, -0.1) is 0 Å². The van der Waals surface area contributed by atoms with E-state index in [1.165, 1.54) is 18.3 Å². The summed E-state index contributed by atoms with van der Waals surface area (Å²) >= 11 is 0. The van der Waals surface area contributed by atoms with Crippen molar-refractivity contribution >= 4 is 17.5 Å². The van der Waals surface area contributed by atoms with Crippen LogP contribution in [0.3, 0.4) is 0 Å². The van der Waals surface area contributed by atoms with E-state index in [9.17, 15) is 14.9 Å². The van der Waals surface area contributed by atoms with Crippen LogP contribution in [0.25, 0.3) is 0 Å². The highest BCUT2D eigenvalue weighted by atomic mass is 16.6. The van der Waals surface area contributed by atoms with Gasteiger partial charge in [0.1, 0.15) is 6.54 Å². The summed E-state index contributed by atoms with van der Waals surface area (Å²) in [6, 6.07) is 2.78. The summed E-state index contributed by atoms with van der Waals surface area (Å²) in [5.41, 5.74) is 0.566. The van der Waals surface area contributed by atoms with Crippen molar-refractivity contribution in [3.05, 3.63) is 28.4 Å². The van der Waals surface area contributed by atoms with Gasteiger partial charge in [0.05, 0.1) is 5.69 Å². The van der Waals surface area contributed by atoms with Crippen molar-refractivity contribution in [2.24, 2.45) is 5.92 Å². The number of aliphatic carboxylic acids is 1. The molecule has 0 atom stereocenters. The number of pyridine rings is 1. The Morgan fingerprint density at radius 3 is 2.61 bits per heavy atom. The first-order chi connectivity index (χ1) is 8.40. The monoisotopic (exact) mass is 253 g/mol. The van der Waals surface area contributed by atoms with Gasteiger partial charge in [-0.1, -0.05) is 13.8 Å². The third-order valence-electron chi connectivity index (χ3n) is 2.20. The van der Waals surface area contributed by atoms with Crippen LogP contribution in [0, 0.1) is 16.0 Å². The average molecular weight is 253 g/mol. The molecule has 1 N–H and O–H groups in total. The number of carbonyl (C=O) groups is 1. The lowest BCUT2D eigenvalue weighted by Crippen LogP contribution is -2.33. The number of nitro groups is 1. The maximum absolute atomic E-state index is 10.8. The molecule has 98 valence electrons. The molecule has 0 aliphatic heterocycles. The van der Waals surface area contributed by atoms with Gasteiger partial charge in [-0.2, -0.15) is 0 Å². The highest BCUT2D eigenvalue weighted by Crippen LogP contribution is 2.17. The normalized spacial score (nSPS) is 10.4. The lowest BCUT2D eigenvalue weighted by Gasteiger charge is -2.23. The van der Waals surface area contributed by atoms with E-state index in [-0.39, 0.29) is 18.3 Å². The summed E-state index contributed by atoms with van der Waals surface area (Å²) in [5, 5.41) is 19.3. The quantitative estimate of drug-likeness (QED) is 0.610. The third-order valence-corrected chi connectivity index (χ3v) is 2.20. The smallest absolute Gasteiger partial charge is 0.363 e. The van der Waals surface area contributed by atoms with E-state index >= 15 is 0 Å². The van der Waals surface area contributed by atoms with Gasteiger partial charge in [0, 0.05) is 12.6 Å². The molecule has 7 nitrogen and oxygen atoms in total. The van der Waals surface area contributed by atoms with E-state index in [4.69, 9.17) is 5.11 Å². The molecule has 18 heavy (non-hydrogen) atoms. The molecule has 0 aromatic carbocycles. The lowest BCUT2D eigenvalue weighted by atomic mass is 10.2. The fourth-order valence-corrected chi connectivity index (χ4v) is 1.54. The highest BCUT2D eigenvalue weighted by Gasteiger charge is 2.15. The highest BCUT2D eigenvalue weighted by molar-refractivity contribution is 5.73. The minimum atomic E-state index is -0.950. The summed E-state index contributed by atoms with van der Waals surface area (Å²) < 4.78 is 0. The Bertz CT molecular complexity index is 430. The van der Waals surface area contributed by atoms with Crippen molar-refractivity contribution in [1.82, 2.24) is 4.98 Å². The minimum Gasteiger partial charge on any atom is -0.480 e. The van der Waals surface area contributed by atoms with Crippen molar-refractivity contribution in [2.75, 3.05) is 18.0 Å². The maximum atomic E-state index is 10.8. The van der Waals surface area contributed by atoms with Gasteiger partial charge in [0.15, 0.2) is 6.20 Å². The maximum Gasteiger partial charge on any atom is 0.363 e. The molecule has 0 saturated heterocycles. The lowest BCUT2D eigenvalue weighted by molar-refractivity contribution is -0.389. The molecular formula is C11H15N3O4. The van der Waals surface area contributed by atoms with Crippen LogP contribution in [-0.2, 0) is 4.79 Å². The van der Waals surface area contributed by atoms with Crippen LogP contribution >= 0.6 is 0 Å². The molecule has 1 rings (SSSR count). The molecule has 0 unspecified atom stereocenters. The van der Waals surface area contributed by atoms with Crippen molar-refractivity contribution in [3.63, 3.8) is 0 Å². The molecule has 0 saturated carbocycles. The van der Waals surface area contributed by atoms with Gasteiger partial charge in [-0.25, -0.2) is 0 Å². The first kappa shape index (κ1) is 13.9. The van der Waals surface area contributed by atoms with Crippen LogP contribution in [0.1, 0.15) is 13.8 Å². The molecule has 0 spiro atoms. The van der Waals surface area contributed by atoms with Crippen molar-refractivity contribution < 1.29 is 14.8 Å². The number of rotatable bonds is 6. The van der Waals surface area contributed by atoms with E-state index < -0.39 is 10.9 Å². The van der Waals surface area contributed by atoms with Gasteiger partial charge in [-0.05, 0) is 21.9 Å². The van der Waals surface area contributed by atoms with Crippen LogP contribution in [0.4, 0.5) is 11.5 Å². The standard InChI is InChI=1S/C11H15N3O4/c1-8(2)6-13(7-11(15)16)9-3-4-10(12-5-9)14(17)18/h3-5,8H,6-7H2,1-2H3,(H,15,16). The summed E-state index contributed by atoms with van der Waals surface area (Å²) in [7, 11) is 0. The van der Waals surface area contributed by atoms with Crippen LogP contribution in [-0.4, -0.2) is 34.1 Å². The Morgan fingerprint density at radius 2 is 2.22 bits per heavy atom. The second kappa shape index (κ2) is 5.95. The summed E-state index contributed by atoms with van der Waals surface area (Å²) in [6.45, 7) is 4.32. The van der Waals surface area contributed by atoms with Gasteiger partial charge >= 0.3 is 11.8 Å². The first-order valence-corrected chi connectivity index (χ1v) is 5.47. The molecule has 7 heteroatoms. The van der Waals surface area contributed by atoms with E-state index in [0.29, 0.717) is 12.2 Å². The number of nitrogens with zero attached hydrogens (tertiary/aromatic N) is 3. The fraction of sp³-hybridized carbons (Fsp3) is 0.455. The number of aromatic nitrogens is 1. The van der Waals surface area contributed by atoms with Gasteiger partial charge in [0.25, 0.3) is 0 Å². The van der Waals surface area contributed by atoms with Crippen LogP contribution in [0.2, 0.25) is 0 Å². The SMILES string of the molecule is CC(C)CN(CC(=O)O)c1ccc([N+](=O)[O-])nc1. The van der Waals surface area contributed by atoms with Crippen LogP contribution in [0.5, 0.6) is 0 Å². The van der Waals surface area contributed by atoms with E-state index in [1.807, 2.05) is 13.8 Å². The van der Waals surface area contributed by atoms with E-state index in [1.54, 1.807) is 4.90 Å². The molecule has 0 aliphatic rings. The molecule has 1 aromatic rings. The predicted molar refractivity (Wildman–Crippen MR) is 65.6 cm³/mol. The van der Waals surface area contributed by atoms with Crippen LogP contribution < -0.4 is 4.90 Å². The van der Waals surface area contributed by atoms with Crippen molar-refractivity contribution in [1.29, 1.82) is 0 Å². The van der Waals surface area contributed by atoms with E-state index in [0.717, 1.165) is 0 Å². The second-order valence-electron chi connectivity index (χ2n) is 4.30. The Morgan fingerprint density at radius 1 is 1.56 bits per heavy atom. The molecule has 0 radical (unpaired) electrons. The molecule has 0 bridgehead atoms. The summed E-state index contributed by atoms with van der Waals surface area (Å²) in [4.78, 5) is 26.0. The average Bonchev–Trinajstić information content (AvgIpc) is 2.27. The molecule has 0 aliphatic carbocycles. The number of hydrogen-bond acceptors (Lipinski definition) is 5. The molecule has 1 heterocycles. The Kier molecular flexibility index (Phi) is 4.59. The zero-order chi connectivity index (χ0) is 13.7. The van der Waals surface area contributed by atoms with Crippen molar-refractivity contribution in [3.8, 4) is 0 Å². The topological polar surface area (TPSA) is 96.6 Å². The Hall–Kier alpha value is -2.18. The van der Waals surface area contributed by atoms with Crippen molar-refractivity contribution in [2.45, 2.75) is 13.8 Å². The Balaban J connectivity index is 2.90. The second-order valence-corrected chi connectivity index (χ2v) is 4.30. The number of anilines is 1. The molecular weight excluding hydrogens is 238 g/mol. The Labute approximate surface area is 104 Å². The largest absolute Gasteiger partial charge is 0.480 e. The predicted octanol–water partition coefficient (Wildman–Crippen LogP) is 1.54. The zero-order valence-electron chi connectivity index (χ0n) is 10.2. The van der Waals surface area contributed by atoms with Gasteiger partial charge in [0.2, 0.25) is 0 Å². The summed E-state index contributed by atoms with van der Waals surface area (Å²) in [6.07, 6.45) is 1.32. The first-order valence-electron chi connectivity index (χ1n) is 5.47. The van der Waals surface area contributed by atoms with Gasteiger partial charge in [-0.3, -0.25) is 4.79 Å². The number of hydrogen-bond donors (Lipinski definition) is 1. The van der Waals surface area contributed by atoms with Gasteiger partial charge < -0.3 is 20.1 Å². The third kappa shape index (κ3) is 4.00. The minimum absolute atomic E-state index is 0.155. The number of carboxylic acid groups (broad SMARTS) is 1. The molecule has 0 amide bonds. The fourth-order valence-electron chi connectivity index (χ4n) is 1.54. The van der Waals surface area contributed by atoms with E-state index in [2.05, 4.69) is 4.98 Å².